The van der Waals surface area contributed by atoms with E-state index in [0.29, 0.717) is 13.1 Å². The minimum Gasteiger partial charge on any atom is -0.478 e. The molecule has 1 rings (SSSR count). The van der Waals surface area contributed by atoms with Gasteiger partial charge in [-0.15, -0.1) is 0 Å². The van der Waals surface area contributed by atoms with Crippen LogP contribution in [0.5, 0.6) is 0 Å². The highest BCUT2D eigenvalue weighted by Gasteiger charge is 2.10. The molecule has 3 N–H and O–H groups in total. The molecule has 0 spiro atoms. The molecule has 0 aromatic heterocycles. The molecule has 0 heterocycles. The van der Waals surface area contributed by atoms with Crippen LogP contribution in [0.25, 0.3) is 0 Å². The summed E-state index contributed by atoms with van der Waals surface area (Å²) in [6.45, 7) is 4.57. The molecule has 0 aliphatic rings. The average molecular weight is 223 g/mol. The van der Waals surface area contributed by atoms with Gasteiger partial charge in [-0.25, -0.2) is 4.79 Å². The highest BCUT2D eigenvalue weighted by Crippen LogP contribution is 2.05. The Hall–Kier alpha value is -1.39. The van der Waals surface area contributed by atoms with Crippen LogP contribution >= 0.6 is 0 Å². The predicted molar refractivity (Wildman–Crippen MR) is 61.4 cm³/mol. The van der Waals surface area contributed by atoms with Crippen LogP contribution in [0, 0.1) is 0 Å². The van der Waals surface area contributed by atoms with Crippen LogP contribution in [0.3, 0.4) is 0 Å². The average Bonchev–Trinajstić information content (AvgIpc) is 2.16. The first kappa shape index (κ1) is 12.7. The quantitative estimate of drug-likeness (QED) is 0.702. The standard InChI is InChI=1S/C12H17NO3/c1-12(2,16)8-13-7-9-3-5-10(6-4-9)11(14)15/h3-6,13,16H,7-8H2,1-2H3,(H,14,15). The molecule has 1 aromatic rings. The first-order valence-electron chi connectivity index (χ1n) is 5.14. The van der Waals surface area contributed by atoms with E-state index in [1.807, 2.05) is 0 Å². The minimum atomic E-state index is -0.920. The maximum atomic E-state index is 10.6. The third-order valence-corrected chi connectivity index (χ3v) is 2.09. The Morgan fingerprint density at radius 2 is 1.88 bits per heavy atom. The van der Waals surface area contributed by atoms with Crippen molar-refractivity contribution in [3.05, 3.63) is 35.4 Å². The van der Waals surface area contributed by atoms with Crippen LogP contribution < -0.4 is 5.32 Å². The third kappa shape index (κ3) is 4.42. The lowest BCUT2D eigenvalue weighted by Gasteiger charge is -2.17. The molecule has 4 heteroatoms. The molecule has 0 atom stereocenters. The Labute approximate surface area is 94.9 Å². The summed E-state index contributed by atoms with van der Waals surface area (Å²) in [6.07, 6.45) is 0. The molecule has 0 aliphatic heterocycles. The zero-order valence-electron chi connectivity index (χ0n) is 9.53. The second-order valence-electron chi connectivity index (χ2n) is 4.42. The number of nitrogens with one attached hydrogen (secondary N) is 1. The number of rotatable bonds is 5. The van der Waals surface area contributed by atoms with Gasteiger partial charge in [-0.2, -0.15) is 0 Å². The molecule has 0 radical (unpaired) electrons. The van der Waals surface area contributed by atoms with Gasteiger partial charge < -0.3 is 15.5 Å². The second kappa shape index (κ2) is 5.09. The zero-order chi connectivity index (χ0) is 12.2. The Balaban J connectivity index is 2.47. The number of carboxylic acids is 1. The lowest BCUT2D eigenvalue weighted by Crippen LogP contribution is -2.34. The molecule has 0 aliphatic carbocycles. The third-order valence-electron chi connectivity index (χ3n) is 2.09. The minimum absolute atomic E-state index is 0.284. The van der Waals surface area contributed by atoms with Crippen molar-refractivity contribution in [3.8, 4) is 0 Å². The van der Waals surface area contributed by atoms with Gasteiger partial charge >= 0.3 is 5.97 Å². The number of carboxylic acid groups (broad SMARTS) is 1. The van der Waals surface area contributed by atoms with Crippen molar-refractivity contribution in [1.29, 1.82) is 0 Å². The van der Waals surface area contributed by atoms with E-state index < -0.39 is 11.6 Å². The number of hydrogen-bond donors (Lipinski definition) is 3. The van der Waals surface area contributed by atoms with E-state index in [4.69, 9.17) is 5.11 Å². The van der Waals surface area contributed by atoms with Crippen LogP contribution in [0.15, 0.2) is 24.3 Å². The maximum absolute atomic E-state index is 10.6. The van der Waals surface area contributed by atoms with Crippen molar-refractivity contribution in [2.75, 3.05) is 6.54 Å². The summed E-state index contributed by atoms with van der Waals surface area (Å²) in [4.78, 5) is 10.6. The van der Waals surface area contributed by atoms with E-state index in [9.17, 15) is 9.90 Å². The van der Waals surface area contributed by atoms with Gasteiger partial charge in [0.1, 0.15) is 0 Å². The van der Waals surface area contributed by atoms with E-state index in [0.717, 1.165) is 5.56 Å². The van der Waals surface area contributed by atoms with Gasteiger partial charge in [0.15, 0.2) is 0 Å². The first-order valence-corrected chi connectivity index (χ1v) is 5.14. The molecule has 4 nitrogen and oxygen atoms in total. The molecule has 16 heavy (non-hydrogen) atoms. The molecule has 0 amide bonds. The Morgan fingerprint density at radius 3 is 2.31 bits per heavy atom. The summed E-state index contributed by atoms with van der Waals surface area (Å²) < 4.78 is 0. The van der Waals surface area contributed by atoms with Crippen molar-refractivity contribution < 1.29 is 15.0 Å². The van der Waals surface area contributed by atoms with Crippen molar-refractivity contribution in [3.63, 3.8) is 0 Å². The smallest absolute Gasteiger partial charge is 0.335 e. The molecule has 0 saturated carbocycles. The summed E-state index contributed by atoms with van der Waals surface area (Å²) in [5.74, 6) is -0.920. The normalized spacial score (nSPS) is 11.4. The summed E-state index contributed by atoms with van der Waals surface area (Å²) in [6, 6.07) is 6.68. The van der Waals surface area contributed by atoms with Crippen LogP contribution in [-0.4, -0.2) is 28.3 Å². The van der Waals surface area contributed by atoms with Gasteiger partial charge in [0, 0.05) is 13.1 Å². The molecule has 1 aromatic carbocycles. The monoisotopic (exact) mass is 223 g/mol. The molecule has 0 saturated heterocycles. The van der Waals surface area contributed by atoms with Gasteiger partial charge in [-0.3, -0.25) is 0 Å². The highest BCUT2D eigenvalue weighted by molar-refractivity contribution is 5.87. The van der Waals surface area contributed by atoms with Crippen LogP contribution in [0.4, 0.5) is 0 Å². The Bertz CT molecular complexity index is 352. The SMILES string of the molecule is CC(C)(O)CNCc1ccc(C(=O)O)cc1. The van der Waals surface area contributed by atoms with Crippen molar-refractivity contribution in [1.82, 2.24) is 5.32 Å². The highest BCUT2D eigenvalue weighted by atomic mass is 16.4. The number of aromatic carboxylic acids is 1. The largest absolute Gasteiger partial charge is 0.478 e. The number of benzene rings is 1. The zero-order valence-corrected chi connectivity index (χ0v) is 9.53. The summed E-state index contributed by atoms with van der Waals surface area (Å²) in [5.41, 5.74) is 0.543. The van der Waals surface area contributed by atoms with Gasteiger partial charge in [0.05, 0.1) is 11.2 Å². The van der Waals surface area contributed by atoms with E-state index in [2.05, 4.69) is 5.32 Å². The molecule has 0 fully saturated rings. The van der Waals surface area contributed by atoms with E-state index in [1.54, 1.807) is 38.1 Å². The molecular weight excluding hydrogens is 206 g/mol. The van der Waals surface area contributed by atoms with Crippen molar-refractivity contribution in [2.24, 2.45) is 0 Å². The molecule has 0 bridgehead atoms. The van der Waals surface area contributed by atoms with Crippen LogP contribution in [0.1, 0.15) is 29.8 Å². The van der Waals surface area contributed by atoms with Crippen molar-refractivity contribution in [2.45, 2.75) is 26.0 Å². The van der Waals surface area contributed by atoms with E-state index in [1.165, 1.54) is 0 Å². The lowest BCUT2D eigenvalue weighted by molar-refractivity contribution is 0.0696. The summed E-state index contributed by atoms with van der Waals surface area (Å²) in [5, 5.41) is 21.3. The maximum Gasteiger partial charge on any atom is 0.335 e. The van der Waals surface area contributed by atoms with Gasteiger partial charge in [-0.1, -0.05) is 12.1 Å². The van der Waals surface area contributed by atoms with Crippen molar-refractivity contribution >= 4 is 5.97 Å². The number of carbonyl (C=O) groups is 1. The molecule has 88 valence electrons. The second-order valence-corrected chi connectivity index (χ2v) is 4.42. The Morgan fingerprint density at radius 1 is 1.31 bits per heavy atom. The predicted octanol–water partition coefficient (Wildman–Crippen LogP) is 1.25. The summed E-state index contributed by atoms with van der Waals surface area (Å²) >= 11 is 0. The van der Waals surface area contributed by atoms with Gasteiger partial charge in [0.2, 0.25) is 0 Å². The topological polar surface area (TPSA) is 69.6 Å². The lowest BCUT2D eigenvalue weighted by atomic mass is 10.1. The van der Waals surface area contributed by atoms with Crippen LogP contribution in [0.2, 0.25) is 0 Å². The molecule has 0 unspecified atom stereocenters. The fourth-order valence-corrected chi connectivity index (χ4v) is 1.28. The van der Waals surface area contributed by atoms with Gasteiger partial charge in [0.25, 0.3) is 0 Å². The van der Waals surface area contributed by atoms with E-state index >= 15 is 0 Å². The Kier molecular flexibility index (Phi) is 4.04. The molecular formula is C12H17NO3. The van der Waals surface area contributed by atoms with Crippen LogP contribution in [-0.2, 0) is 6.54 Å². The number of hydrogen-bond acceptors (Lipinski definition) is 3. The number of aliphatic hydroxyl groups is 1. The fraction of sp³-hybridized carbons (Fsp3) is 0.417. The summed E-state index contributed by atoms with van der Waals surface area (Å²) in [7, 11) is 0. The fourth-order valence-electron chi connectivity index (χ4n) is 1.28. The van der Waals surface area contributed by atoms with Gasteiger partial charge in [-0.05, 0) is 31.5 Å². The first-order chi connectivity index (χ1) is 7.38. The van der Waals surface area contributed by atoms with E-state index in [-0.39, 0.29) is 5.56 Å².